The van der Waals surface area contributed by atoms with E-state index in [1.165, 1.54) is 17.5 Å². The van der Waals surface area contributed by atoms with Crippen LogP contribution in [0.25, 0.3) is 27.9 Å². The van der Waals surface area contributed by atoms with Gasteiger partial charge in [0.05, 0.1) is 6.20 Å². The molecule has 2 N–H and O–H groups in total. The molecule has 1 unspecified atom stereocenters. The highest BCUT2D eigenvalue weighted by molar-refractivity contribution is 5.90. The zero-order valence-corrected chi connectivity index (χ0v) is 16.9. The van der Waals surface area contributed by atoms with Crippen molar-refractivity contribution in [1.29, 1.82) is 0 Å². The monoisotopic (exact) mass is 425 g/mol. The first-order valence-corrected chi connectivity index (χ1v) is 10.1. The Morgan fingerprint density at radius 1 is 1.09 bits per heavy atom. The van der Waals surface area contributed by atoms with Crippen LogP contribution in [-0.2, 0) is 11.2 Å². The van der Waals surface area contributed by atoms with Crippen molar-refractivity contribution in [2.24, 2.45) is 0 Å². The van der Waals surface area contributed by atoms with Crippen LogP contribution in [-0.4, -0.2) is 31.1 Å². The average molecular weight is 425 g/mol. The van der Waals surface area contributed by atoms with Crippen LogP contribution >= 0.6 is 0 Å². The first kappa shape index (κ1) is 19.7. The standard InChI is InChI=1S/C24H19N5O3/c30-23(27-31)12-11-19-15-29(28-26-19)21(24-25-20-7-3-4-8-22(20)32-24)14-16-9-10-17-5-1-2-6-18(17)13-16/h1-13,15,21,31H,14H2,(H,27,30). The van der Waals surface area contributed by atoms with Crippen LogP contribution in [0.1, 0.15) is 23.2 Å². The molecule has 0 aliphatic carbocycles. The Morgan fingerprint density at radius 3 is 2.75 bits per heavy atom. The topological polar surface area (TPSA) is 106 Å². The van der Waals surface area contributed by atoms with Gasteiger partial charge in [-0.2, -0.15) is 0 Å². The molecule has 2 heterocycles. The summed E-state index contributed by atoms with van der Waals surface area (Å²) >= 11 is 0. The number of fused-ring (bicyclic) bond motifs is 2. The summed E-state index contributed by atoms with van der Waals surface area (Å²) in [5.74, 6) is -0.126. The van der Waals surface area contributed by atoms with Gasteiger partial charge in [0, 0.05) is 12.5 Å². The van der Waals surface area contributed by atoms with E-state index in [4.69, 9.17) is 9.62 Å². The second-order valence-electron chi connectivity index (χ2n) is 7.35. The zero-order valence-electron chi connectivity index (χ0n) is 16.9. The Kier molecular flexibility index (Phi) is 5.19. The summed E-state index contributed by atoms with van der Waals surface area (Å²) in [5.41, 5.74) is 4.58. The van der Waals surface area contributed by atoms with E-state index >= 15 is 0 Å². The van der Waals surface area contributed by atoms with Gasteiger partial charge < -0.3 is 4.42 Å². The number of hydrogen-bond acceptors (Lipinski definition) is 6. The van der Waals surface area contributed by atoms with E-state index in [1.54, 1.807) is 16.4 Å². The van der Waals surface area contributed by atoms with E-state index in [9.17, 15) is 4.79 Å². The number of hydrogen-bond donors (Lipinski definition) is 2. The third-order valence-corrected chi connectivity index (χ3v) is 5.20. The van der Waals surface area contributed by atoms with Gasteiger partial charge >= 0.3 is 0 Å². The van der Waals surface area contributed by atoms with E-state index in [0.717, 1.165) is 16.5 Å². The summed E-state index contributed by atoms with van der Waals surface area (Å²) in [6, 6.07) is 21.8. The maximum absolute atomic E-state index is 11.3. The third kappa shape index (κ3) is 3.99. The van der Waals surface area contributed by atoms with Crippen molar-refractivity contribution in [1.82, 2.24) is 25.5 Å². The molecule has 0 saturated heterocycles. The molecular formula is C24H19N5O3. The zero-order chi connectivity index (χ0) is 21.9. The normalized spacial score (nSPS) is 12.5. The molecule has 8 nitrogen and oxygen atoms in total. The molecule has 1 amide bonds. The van der Waals surface area contributed by atoms with Crippen molar-refractivity contribution in [3.05, 3.63) is 96.2 Å². The quantitative estimate of drug-likeness (QED) is 0.243. The molecule has 32 heavy (non-hydrogen) atoms. The molecule has 3 aromatic carbocycles. The van der Waals surface area contributed by atoms with Gasteiger partial charge in [0.2, 0.25) is 5.89 Å². The average Bonchev–Trinajstić information content (AvgIpc) is 3.48. The van der Waals surface area contributed by atoms with Crippen molar-refractivity contribution in [3.63, 3.8) is 0 Å². The first-order valence-electron chi connectivity index (χ1n) is 10.1. The Balaban J connectivity index is 1.53. The summed E-state index contributed by atoms with van der Waals surface area (Å²) in [4.78, 5) is 15.9. The van der Waals surface area contributed by atoms with E-state index in [-0.39, 0.29) is 6.04 Å². The fourth-order valence-corrected chi connectivity index (χ4v) is 3.63. The van der Waals surface area contributed by atoms with Crippen LogP contribution < -0.4 is 5.48 Å². The van der Waals surface area contributed by atoms with Crippen molar-refractivity contribution < 1.29 is 14.4 Å². The molecule has 0 aliphatic rings. The van der Waals surface area contributed by atoms with Gasteiger partial charge in [0.15, 0.2) is 5.58 Å². The van der Waals surface area contributed by atoms with Crippen molar-refractivity contribution >= 4 is 33.9 Å². The van der Waals surface area contributed by atoms with Crippen LogP contribution in [0.3, 0.4) is 0 Å². The fraction of sp³-hybridized carbons (Fsp3) is 0.0833. The Bertz CT molecular complexity index is 1400. The minimum atomic E-state index is -0.647. The molecule has 0 bridgehead atoms. The van der Waals surface area contributed by atoms with Gasteiger partial charge in [0.1, 0.15) is 17.3 Å². The van der Waals surface area contributed by atoms with Gasteiger partial charge in [-0.15, -0.1) is 5.10 Å². The molecule has 0 aliphatic heterocycles. The van der Waals surface area contributed by atoms with Crippen LogP contribution in [0.4, 0.5) is 0 Å². The van der Waals surface area contributed by atoms with E-state index in [1.807, 2.05) is 36.4 Å². The highest BCUT2D eigenvalue weighted by Crippen LogP contribution is 2.27. The minimum Gasteiger partial charge on any atom is -0.438 e. The first-order chi connectivity index (χ1) is 15.7. The SMILES string of the molecule is O=C(C=Cc1cn(C(Cc2ccc3ccccc3c2)c2nc3ccccc3o2)nn1)NO. The van der Waals surface area contributed by atoms with Crippen LogP contribution in [0.15, 0.2) is 83.4 Å². The number of rotatable bonds is 6. The van der Waals surface area contributed by atoms with Gasteiger partial charge in [0.25, 0.3) is 5.91 Å². The smallest absolute Gasteiger partial charge is 0.267 e. The minimum absolute atomic E-state index is 0.343. The fourth-order valence-electron chi connectivity index (χ4n) is 3.63. The molecule has 5 rings (SSSR count). The molecule has 5 aromatic rings. The van der Waals surface area contributed by atoms with E-state index < -0.39 is 5.91 Å². The number of carbonyl (C=O) groups excluding carboxylic acids is 1. The van der Waals surface area contributed by atoms with Gasteiger partial charge in [-0.3, -0.25) is 10.0 Å². The highest BCUT2D eigenvalue weighted by atomic mass is 16.5. The molecule has 0 radical (unpaired) electrons. The lowest BCUT2D eigenvalue weighted by Crippen LogP contribution is -2.15. The van der Waals surface area contributed by atoms with Crippen LogP contribution in [0.5, 0.6) is 0 Å². The lowest BCUT2D eigenvalue weighted by atomic mass is 10.0. The number of hydroxylamine groups is 1. The summed E-state index contributed by atoms with van der Waals surface area (Å²) in [7, 11) is 0. The Hall–Kier alpha value is -4.30. The number of carbonyl (C=O) groups is 1. The van der Waals surface area contributed by atoms with E-state index in [0.29, 0.717) is 23.6 Å². The summed E-state index contributed by atoms with van der Waals surface area (Å²) in [6.45, 7) is 0. The van der Waals surface area contributed by atoms with Crippen molar-refractivity contribution in [2.75, 3.05) is 0 Å². The molecule has 2 aromatic heterocycles. The second kappa shape index (κ2) is 8.44. The number of nitrogens with one attached hydrogen (secondary N) is 1. The van der Waals surface area contributed by atoms with Gasteiger partial charge in [-0.25, -0.2) is 15.1 Å². The second-order valence-corrected chi connectivity index (χ2v) is 7.35. The van der Waals surface area contributed by atoms with E-state index in [2.05, 4.69) is 45.6 Å². The molecular weight excluding hydrogens is 406 g/mol. The summed E-state index contributed by atoms with van der Waals surface area (Å²) in [6.07, 6.45) is 4.93. The number of nitrogens with zero attached hydrogens (tertiary/aromatic N) is 4. The van der Waals surface area contributed by atoms with Crippen molar-refractivity contribution in [3.8, 4) is 0 Å². The number of aromatic nitrogens is 4. The number of benzene rings is 3. The molecule has 158 valence electrons. The molecule has 0 fully saturated rings. The van der Waals surface area contributed by atoms with Crippen LogP contribution in [0.2, 0.25) is 0 Å². The maximum atomic E-state index is 11.3. The molecule has 8 heteroatoms. The maximum Gasteiger partial charge on any atom is 0.267 e. The van der Waals surface area contributed by atoms with Crippen LogP contribution in [0, 0.1) is 0 Å². The lowest BCUT2D eigenvalue weighted by molar-refractivity contribution is -0.124. The molecule has 0 spiro atoms. The van der Waals surface area contributed by atoms with Gasteiger partial charge in [-0.05, 0) is 34.5 Å². The number of para-hydroxylation sites is 2. The summed E-state index contributed by atoms with van der Waals surface area (Å²) in [5, 5.41) is 19.3. The Morgan fingerprint density at radius 2 is 1.91 bits per heavy atom. The van der Waals surface area contributed by atoms with Gasteiger partial charge in [-0.1, -0.05) is 59.8 Å². The third-order valence-electron chi connectivity index (χ3n) is 5.20. The lowest BCUT2D eigenvalue weighted by Gasteiger charge is -2.14. The number of oxazole rings is 1. The summed E-state index contributed by atoms with van der Waals surface area (Å²) < 4.78 is 7.73. The Labute approximate surface area is 182 Å². The number of amides is 1. The molecule has 0 saturated carbocycles. The predicted molar refractivity (Wildman–Crippen MR) is 119 cm³/mol. The highest BCUT2D eigenvalue weighted by Gasteiger charge is 2.22. The largest absolute Gasteiger partial charge is 0.438 e. The van der Waals surface area contributed by atoms with Crippen molar-refractivity contribution in [2.45, 2.75) is 12.5 Å². The predicted octanol–water partition coefficient (Wildman–Crippen LogP) is 3.92. The molecule has 1 atom stereocenters.